The quantitative estimate of drug-likeness (QED) is 0.709. The van der Waals surface area contributed by atoms with Crippen LogP contribution >= 0.6 is 11.8 Å². The minimum atomic E-state index is -0.0616. The Labute approximate surface area is 119 Å². The van der Waals surface area contributed by atoms with Crippen LogP contribution in [-0.2, 0) is 4.87 Å². The fourth-order valence-electron chi connectivity index (χ4n) is 2.41. The molecule has 1 aromatic heterocycles. The molecule has 1 unspecified atom stereocenters. The SMILES string of the molecule is C=CCC(CCCC)(SC)n1nnc2ccccc21. The molecule has 0 radical (unpaired) electrons. The van der Waals surface area contributed by atoms with Crippen LogP contribution in [0.5, 0.6) is 0 Å². The summed E-state index contributed by atoms with van der Waals surface area (Å²) < 4.78 is 2.09. The summed E-state index contributed by atoms with van der Waals surface area (Å²) in [4.78, 5) is -0.0616. The predicted octanol–water partition coefficient (Wildman–Crippen LogP) is 4.21. The van der Waals surface area contributed by atoms with E-state index >= 15 is 0 Å². The number of thioether (sulfide) groups is 1. The molecule has 0 saturated carbocycles. The number of hydrogen-bond acceptors (Lipinski definition) is 3. The normalized spacial score (nSPS) is 14.4. The Kier molecular flexibility index (Phi) is 4.64. The van der Waals surface area contributed by atoms with E-state index in [9.17, 15) is 0 Å². The van der Waals surface area contributed by atoms with Crippen LogP contribution in [0.1, 0.15) is 32.6 Å². The van der Waals surface area contributed by atoms with Gasteiger partial charge in [-0.1, -0.05) is 43.2 Å². The molecule has 4 heteroatoms. The molecular formula is C15H21N3S. The first kappa shape index (κ1) is 14.1. The molecule has 0 aliphatic rings. The van der Waals surface area contributed by atoms with Gasteiger partial charge in [-0.15, -0.1) is 23.4 Å². The lowest BCUT2D eigenvalue weighted by Gasteiger charge is -2.31. The van der Waals surface area contributed by atoms with E-state index in [0.29, 0.717) is 0 Å². The zero-order chi connectivity index (χ0) is 13.7. The van der Waals surface area contributed by atoms with Crippen molar-refractivity contribution < 1.29 is 0 Å². The van der Waals surface area contributed by atoms with Crippen LogP contribution in [0, 0.1) is 0 Å². The minimum absolute atomic E-state index is 0.0616. The van der Waals surface area contributed by atoms with Crippen molar-refractivity contribution in [3.8, 4) is 0 Å². The van der Waals surface area contributed by atoms with Gasteiger partial charge in [0.25, 0.3) is 0 Å². The summed E-state index contributed by atoms with van der Waals surface area (Å²) in [6, 6.07) is 8.15. The fraction of sp³-hybridized carbons (Fsp3) is 0.467. The highest BCUT2D eigenvalue weighted by Gasteiger charge is 2.32. The molecule has 0 bridgehead atoms. The summed E-state index contributed by atoms with van der Waals surface area (Å²) in [7, 11) is 0. The topological polar surface area (TPSA) is 30.7 Å². The van der Waals surface area contributed by atoms with E-state index in [0.717, 1.165) is 23.9 Å². The maximum absolute atomic E-state index is 4.41. The first-order valence-corrected chi connectivity index (χ1v) is 7.97. The molecule has 0 aliphatic carbocycles. The molecular weight excluding hydrogens is 254 g/mol. The fourth-order valence-corrected chi connectivity index (χ4v) is 3.36. The van der Waals surface area contributed by atoms with E-state index < -0.39 is 0 Å². The Balaban J connectivity index is 2.49. The summed E-state index contributed by atoms with van der Waals surface area (Å²) in [5.41, 5.74) is 2.07. The van der Waals surface area contributed by atoms with Crippen LogP contribution < -0.4 is 0 Å². The van der Waals surface area contributed by atoms with E-state index in [-0.39, 0.29) is 4.87 Å². The number of aromatic nitrogens is 3. The molecule has 1 aromatic carbocycles. The monoisotopic (exact) mass is 275 g/mol. The van der Waals surface area contributed by atoms with Crippen LogP contribution in [0.4, 0.5) is 0 Å². The van der Waals surface area contributed by atoms with E-state index in [4.69, 9.17) is 0 Å². The van der Waals surface area contributed by atoms with E-state index in [2.05, 4.69) is 40.8 Å². The second-order valence-corrected chi connectivity index (χ2v) is 5.90. The average molecular weight is 275 g/mol. The highest BCUT2D eigenvalue weighted by atomic mass is 32.2. The van der Waals surface area contributed by atoms with Gasteiger partial charge in [0.2, 0.25) is 0 Å². The number of para-hydroxylation sites is 1. The molecule has 0 N–H and O–H groups in total. The van der Waals surface area contributed by atoms with Crippen molar-refractivity contribution in [2.75, 3.05) is 6.26 Å². The van der Waals surface area contributed by atoms with Gasteiger partial charge in [0.1, 0.15) is 10.4 Å². The van der Waals surface area contributed by atoms with Gasteiger partial charge in [-0.05, 0) is 31.2 Å². The molecule has 3 nitrogen and oxygen atoms in total. The van der Waals surface area contributed by atoms with Crippen molar-refractivity contribution in [1.82, 2.24) is 15.0 Å². The maximum Gasteiger partial charge on any atom is 0.113 e. The number of hydrogen-bond donors (Lipinski definition) is 0. The van der Waals surface area contributed by atoms with Crippen LogP contribution in [0.25, 0.3) is 11.0 Å². The molecule has 0 amide bonds. The third-order valence-electron chi connectivity index (χ3n) is 3.50. The van der Waals surface area contributed by atoms with Crippen molar-refractivity contribution in [2.24, 2.45) is 0 Å². The Morgan fingerprint density at radius 1 is 1.42 bits per heavy atom. The van der Waals surface area contributed by atoms with Gasteiger partial charge in [0.05, 0.1) is 5.52 Å². The molecule has 0 saturated heterocycles. The van der Waals surface area contributed by atoms with Gasteiger partial charge in [-0.25, -0.2) is 4.68 Å². The van der Waals surface area contributed by atoms with Crippen molar-refractivity contribution >= 4 is 22.8 Å². The average Bonchev–Trinajstić information content (AvgIpc) is 2.88. The molecule has 0 aliphatic heterocycles. The standard InChI is InChI=1S/C15H21N3S/c1-4-6-12-15(19-3,11-5-2)18-14-10-8-7-9-13(14)16-17-18/h5,7-10H,2,4,6,11-12H2,1,3H3. The number of nitrogens with zero attached hydrogens (tertiary/aromatic N) is 3. The Morgan fingerprint density at radius 3 is 2.89 bits per heavy atom. The van der Waals surface area contributed by atoms with Crippen LogP contribution in [0.3, 0.4) is 0 Å². The van der Waals surface area contributed by atoms with Crippen molar-refractivity contribution in [3.63, 3.8) is 0 Å². The third kappa shape index (κ3) is 2.68. The van der Waals surface area contributed by atoms with E-state index in [1.165, 1.54) is 12.8 Å². The van der Waals surface area contributed by atoms with Gasteiger partial charge in [0.15, 0.2) is 0 Å². The Morgan fingerprint density at radius 2 is 2.21 bits per heavy atom. The van der Waals surface area contributed by atoms with Crippen LogP contribution in [0.2, 0.25) is 0 Å². The molecule has 2 aromatic rings. The van der Waals surface area contributed by atoms with E-state index in [1.54, 1.807) is 0 Å². The summed E-state index contributed by atoms with van der Waals surface area (Å²) >= 11 is 1.84. The Bertz CT molecular complexity index is 549. The predicted molar refractivity (Wildman–Crippen MR) is 83.4 cm³/mol. The molecule has 0 spiro atoms. The summed E-state index contributed by atoms with van der Waals surface area (Å²) in [5.74, 6) is 0. The van der Waals surface area contributed by atoms with Crippen molar-refractivity contribution in [2.45, 2.75) is 37.5 Å². The Hall–Kier alpha value is -1.29. The van der Waals surface area contributed by atoms with Crippen LogP contribution in [0.15, 0.2) is 36.9 Å². The third-order valence-corrected chi connectivity index (χ3v) is 4.81. The van der Waals surface area contributed by atoms with Gasteiger partial charge in [0, 0.05) is 0 Å². The number of benzene rings is 1. The van der Waals surface area contributed by atoms with Gasteiger partial charge >= 0.3 is 0 Å². The number of fused-ring (bicyclic) bond motifs is 1. The molecule has 19 heavy (non-hydrogen) atoms. The minimum Gasteiger partial charge on any atom is -0.228 e. The van der Waals surface area contributed by atoms with Crippen LogP contribution in [-0.4, -0.2) is 21.2 Å². The summed E-state index contributed by atoms with van der Waals surface area (Å²) in [6.45, 7) is 6.14. The lowest BCUT2D eigenvalue weighted by molar-refractivity contribution is 0.369. The zero-order valence-electron chi connectivity index (χ0n) is 11.7. The van der Waals surface area contributed by atoms with Crippen molar-refractivity contribution in [3.05, 3.63) is 36.9 Å². The second-order valence-electron chi connectivity index (χ2n) is 4.74. The van der Waals surface area contributed by atoms with Gasteiger partial charge < -0.3 is 0 Å². The van der Waals surface area contributed by atoms with Gasteiger partial charge in [-0.2, -0.15) is 0 Å². The molecule has 102 valence electrons. The summed E-state index contributed by atoms with van der Waals surface area (Å²) in [6.07, 6.45) is 8.50. The first-order valence-electron chi connectivity index (χ1n) is 6.74. The molecule has 1 heterocycles. The van der Waals surface area contributed by atoms with E-state index in [1.807, 2.05) is 36.0 Å². The molecule has 1 atom stereocenters. The molecule has 0 fully saturated rings. The molecule has 2 rings (SSSR count). The lowest BCUT2D eigenvalue weighted by Crippen LogP contribution is -2.30. The number of unbranched alkanes of at least 4 members (excludes halogenated alkanes) is 1. The largest absolute Gasteiger partial charge is 0.228 e. The zero-order valence-corrected chi connectivity index (χ0v) is 12.5. The smallest absolute Gasteiger partial charge is 0.113 e. The lowest BCUT2D eigenvalue weighted by atomic mass is 10.1. The highest BCUT2D eigenvalue weighted by molar-refractivity contribution is 7.99. The van der Waals surface area contributed by atoms with Crippen molar-refractivity contribution in [1.29, 1.82) is 0 Å². The second kappa shape index (κ2) is 6.24. The maximum atomic E-state index is 4.41. The highest BCUT2D eigenvalue weighted by Crippen LogP contribution is 2.39. The summed E-state index contributed by atoms with van der Waals surface area (Å²) in [5, 5.41) is 8.70. The van der Waals surface area contributed by atoms with Gasteiger partial charge in [-0.3, -0.25) is 0 Å². The number of rotatable bonds is 7. The number of allylic oxidation sites excluding steroid dienone is 1. The first-order chi connectivity index (χ1) is 9.27.